The lowest BCUT2D eigenvalue weighted by Gasteiger charge is -2.07. The van der Waals surface area contributed by atoms with E-state index in [1.54, 1.807) is 24.1 Å². The normalized spacial score (nSPS) is 10.4. The van der Waals surface area contributed by atoms with Gasteiger partial charge in [-0.2, -0.15) is 5.10 Å². The minimum atomic E-state index is -0.639. The summed E-state index contributed by atoms with van der Waals surface area (Å²) >= 11 is 11.7. The molecule has 0 saturated carbocycles. The molecule has 1 amide bonds. The lowest BCUT2D eigenvalue weighted by molar-refractivity contribution is -0.384. The molecule has 7 nitrogen and oxygen atoms in total. The number of nitro benzene ring substituents is 1. The molecular formula is C12H10Cl2N4O3. The van der Waals surface area contributed by atoms with Crippen molar-refractivity contribution >= 4 is 34.8 Å². The topological polar surface area (TPSA) is 90.1 Å². The van der Waals surface area contributed by atoms with Gasteiger partial charge in [0.1, 0.15) is 0 Å². The average molecular weight is 329 g/mol. The second-order valence-electron chi connectivity index (χ2n) is 4.25. The number of rotatable bonds is 4. The molecular weight excluding hydrogens is 319 g/mol. The van der Waals surface area contributed by atoms with Crippen molar-refractivity contribution in [1.29, 1.82) is 0 Å². The van der Waals surface area contributed by atoms with Crippen molar-refractivity contribution in [2.75, 3.05) is 0 Å². The van der Waals surface area contributed by atoms with Crippen LogP contribution in [0.5, 0.6) is 0 Å². The van der Waals surface area contributed by atoms with Crippen molar-refractivity contribution in [2.24, 2.45) is 7.05 Å². The molecule has 0 spiro atoms. The van der Waals surface area contributed by atoms with Gasteiger partial charge in [0.25, 0.3) is 11.6 Å². The number of aromatic nitrogens is 2. The molecule has 2 rings (SSSR count). The molecule has 1 aromatic carbocycles. The summed E-state index contributed by atoms with van der Waals surface area (Å²) in [5, 5.41) is 17.3. The predicted octanol–water partition coefficient (Wildman–Crippen LogP) is 2.57. The predicted molar refractivity (Wildman–Crippen MR) is 77.5 cm³/mol. The molecule has 0 aliphatic carbocycles. The molecule has 1 aromatic heterocycles. The highest BCUT2D eigenvalue weighted by Gasteiger charge is 2.19. The standard InChI is InChI=1S/C12H10Cl2N4O3/c1-17-6-7(5-16-17)4-15-12(19)9-2-8(18(20)21)3-10(13)11(9)14/h2-3,5-6H,4H2,1H3,(H,15,19). The van der Waals surface area contributed by atoms with Crippen LogP contribution in [0.2, 0.25) is 10.0 Å². The van der Waals surface area contributed by atoms with Crippen molar-refractivity contribution in [2.45, 2.75) is 6.54 Å². The van der Waals surface area contributed by atoms with Crippen molar-refractivity contribution < 1.29 is 9.72 Å². The third kappa shape index (κ3) is 3.50. The van der Waals surface area contributed by atoms with Gasteiger partial charge in [-0.3, -0.25) is 19.6 Å². The van der Waals surface area contributed by atoms with E-state index in [4.69, 9.17) is 23.2 Å². The largest absolute Gasteiger partial charge is 0.348 e. The van der Waals surface area contributed by atoms with E-state index >= 15 is 0 Å². The number of aryl methyl sites for hydroxylation is 1. The van der Waals surface area contributed by atoms with Crippen LogP contribution in [-0.2, 0) is 13.6 Å². The number of hydrogen-bond donors (Lipinski definition) is 1. The Kier molecular flexibility index (Phi) is 4.44. The van der Waals surface area contributed by atoms with E-state index in [0.29, 0.717) is 0 Å². The fourth-order valence-corrected chi connectivity index (χ4v) is 2.09. The third-order valence-electron chi connectivity index (χ3n) is 2.68. The van der Waals surface area contributed by atoms with E-state index in [1.807, 2.05) is 0 Å². The number of carbonyl (C=O) groups excluding carboxylic acids is 1. The summed E-state index contributed by atoms with van der Waals surface area (Å²) in [6.07, 6.45) is 3.34. The van der Waals surface area contributed by atoms with Crippen LogP contribution in [-0.4, -0.2) is 20.6 Å². The molecule has 9 heteroatoms. The first-order chi connectivity index (χ1) is 9.88. The number of hydrogen-bond acceptors (Lipinski definition) is 4. The monoisotopic (exact) mass is 328 g/mol. The molecule has 21 heavy (non-hydrogen) atoms. The van der Waals surface area contributed by atoms with E-state index in [0.717, 1.165) is 17.7 Å². The number of nitro groups is 1. The first kappa shape index (κ1) is 15.3. The second kappa shape index (κ2) is 6.11. The van der Waals surface area contributed by atoms with Gasteiger partial charge >= 0.3 is 0 Å². The number of nitrogens with zero attached hydrogens (tertiary/aromatic N) is 3. The van der Waals surface area contributed by atoms with Gasteiger partial charge < -0.3 is 5.32 Å². The molecule has 0 radical (unpaired) electrons. The zero-order valence-corrected chi connectivity index (χ0v) is 12.4. The number of nitrogens with one attached hydrogen (secondary N) is 1. The van der Waals surface area contributed by atoms with Crippen molar-refractivity contribution in [3.8, 4) is 0 Å². The highest BCUT2D eigenvalue weighted by Crippen LogP contribution is 2.30. The van der Waals surface area contributed by atoms with Crippen LogP contribution in [0, 0.1) is 10.1 Å². The van der Waals surface area contributed by atoms with Gasteiger partial charge in [0.2, 0.25) is 0 Å². The number of non-ortho nitro benzene ring substituents is 1. The molecule has 0 fully saturated rings. The molecule has 0 saturated heterocycles. The SMILES string of the molecule is Cn1cc(CNC(=O)c2cc([N+](=O)[O-])cc(Cl)c2Cl)cn1. The maximum atomic E-state index is 12.1. The van der Waals surface area contributed by atoms with E-state index < -0.39 is 10.8 Å². The third-order valence-corrected chi connectivity index (χ3v) is 3.48. The number of amides is 1. The van der Waals surface area contributed by atoms with Gasteiger partial charge in [-0.25, -0.2) is 0 Å². The highest BCUT2D eigenvalue weighted by atomic mass is 35.5. The Morgan fingerprint density at radius 1 is 1.48 bits per heavy atom. The fraction of sp³-hybridized carbons (Fsp3) is 0.167. The molecule has 0 aliphatic rings. The van der Waals surface area contributed by atoms with Crippen LogP contribution in [0.1, 0.15) is 15.9 Å². The smallest absolute Gasteiger partial charge is 0.271 e. The van der Waals surface area contributed by atoms with Crippen molar-refractivity contribution in [3.05, 3.63) is 55.8 Å². The summed E-state index contributed by atoms with van der Waals surface area (Å²) in [4.78, 5) is 22.2. The fourth-order valence-electron chi connectivity index (χ4n) is 1.69. The number of benzene rings is 1. The first-order valence-electron chi connectivity index (χ1n) is 5.77. The summed E-state index contributed by atoms with van der Waals surface area (Å²) in [5.74, 6) is -0.547. The molecule has 1 N–H and O–H groups in total. The van der Waals surface area contributed by atoms with Crippen LogP contribution < -0.4 is 5.32 Å². The van der Waals surface area contributed by atoms with Gasteiger partial charge in [0.05, 0.1) is 26.7 Å². The minimum absolute atomic E-state index is 0.0223. The Labute approximate surface area is 129 Å². The van der Waals surface area contributed by atoms with Gasteiger partial charge in [0, 0.05) is 37.5 Å². The van der Waals surface area contributed by atoms with E-state index in [2.05, 4.69) is 10.4 Å². The van der Waals surface area contributed by atoms with Crippen molar-refractivity contribution in [1.82, 2.24) is 15.1 Å². The lowest BCUT2D eigenvalue weighted by atomic mass is 10.2. The van der Waals surface area contributed by atoms with Crippen LogP contribution in [0.25, 0.3) is 0 Å². The van der Waals surface area contributed by atoms with Gasteiger partial charge in [-0.15, -0.1) is 0 Å². The first-order valence-corrected chi connectivity index (χ1v) is 6.53. The highest BCUT2D eigenvalue weighted by molar-refractivity contribution is 6.44. The van der Waals surface area contributed by atoms with E-state index in [9.17, 15) is 14.9 Å². The van der Waals surface area contributed by atoms with Crippen LogP contribution in [0.15, 0.2) is 24.5 Å². The van der Waals surface area contributed by atoms with Gasteiger partial charge in [-0.1, -0.05) is 23.2 Å². The van der Waals surface area contributed by atoms with Gasteiger partial charge in [-0.05, 0) is 0 Å². The molecule has 0 bridgehead atoms. The molecule has 0 aliphatic heterocycles. The molecule has 110 valence electrons. The quantitative estimate of drug-likeness (QED) is 0.689. The zero-order valence-electron chi connectivity index (χ0n) is 10.8. The lowest BCUT2D eigenvalue weighted by Crippen LogP contribution is -2.23. The minimum Gasteiger partial charge on any atom is -0.348 e. The molecule has 0 unspecified atom stereocenters. The Bertz CT molecular complexity index is 715. The molecule has 2 aromatic rings. The summed E-state index contributed by atoms with van der Waals surface area (Å²) < 4.78 is 1.60. The van der Waals surface area contributed by atoms with Crippen LogP contribution in [0.3, 0.4) is 0 Å². The second-order valence-corrected chi connectivity index (χ2v) is 5.04. The average Bonchev–Trinajstić information content (AvgIpc) is 2.84. The van der Waals surface area contributed by atoms with Crippen LogP contribution in [0.4, 0.5) is 5.69 Å². The van der Waals surface area contributed by atoms with E-state index in [1.165, 1.54) is 0 Å². The van der Waals surface area contributed by atoms with Crippen LogP contribution >= 0.6 is 23.2 Å². The Morgan fingerprint density at radius 3 is 2.76 bits per heavy atom. The Hall–Kier alpha value is -2.12. The summed E-state index contributed by atoms with van der Waals surface area (Å²) in [6.45, 7) is 0.226. The molecule has 0 atom stereocenters. The molecule has 1 heterocycles. The Morgan fingerprint density at radius 2 is 2.19 bits per heavy atom. The number of carbonyl (C=O) groups is 1. The number of halogens is 2. The summed E-state index contributed by atoms with van der Waals surface area (Å²) in [7, 11) is 1.75. The maximum Gasteiger partial charge on any atom is 0.271 e. The maximum absolute atomic E-state index is 12.1. The zero-order chi connectivity index (χ0) is 15.6. The van der Waals surface area contributed by atoms with Crippen molar-refractivity contribution in [3.63, 3.8) is 0 Å². The van der Waals surface area contributed by atoms with Gasteiger partial charge in [0.15, 0.2) is 0 Å². The summed E-state index contributed by atoms with van der Waals surface area (Å²) in [5.41, 5.74) is 0.453. The Balaban J connectivity index is 2.20. The summed E-state index contributed by atoms with van der Waals surface area (Å²) in [6, 6.07) is 2.19. The van der Waals surface area contributed by atoms with E-state index in [-0.39, 0.29) is 27.8 Å².